The van der Waals surface area contributed by atoms with Gasteiger partial charge in [0.1, 0.15) is 0 Å². The second-order valence-corrected chi connectivity index (χ2v) is 5.77. The minimum Gasteiger partial charge on any atom is -0.384 e. The Hall–Kier alpha value is -1.57. The Labute approximate surface area is 115 Å². The van der Waals surface area contributed by atoms with Crippen LogP contribution < -0.4 is 5.32 Å². The summed E-state index contributed by atoms with van der Waals surface area (Å²) in [6, 6.07) is 6.74. The molecule has 0 aliphatic heterocycles. The van der Waals surface area contributed by atoms with Gasteiger partial charge in [-0.15, -0.1) is 0 Å². The third-order valence-corrected chi connectivity index (χ3v) is 3.83. The van der Waals surface area contributed by atoms with Crippen LogP contribution in [0.15, 0.2) is 18.2 Å². The normalized spacial score (nSPS) is 14.9. The molecule has 1 saturated carbocycles. The molecule has 1 aromatic carbocycles. The molecule has 19 heavy (non-hydrogen) atoms. The monoisotopic (exact) mass is 254 g/mol. The number of hydrogen-bond acceptors (Lipinski definition) is 2. The summed E-state index contributed by atoms with van der Waals surface area (Å²) < 4.78 is 0. The number of hydrogen-bond donors (Lipinski definition) is 1. The number of anilines is 1. The Morgan fingerprint density at radius 1 is 1.21 bits per heavy atom. The minimum absolute atomic E-state index is 0.701. The quantitative estimate of drug-likeness (QED) is 0.865. The first-order valence-corrected chi connectivity index (χ1v) is 7.35. The molecule has 1 N–H and O–H groups in total. The van der Waals surface area contributed by atoms with Crippen LogP contribution in [-0.4, -0.2) is 11.5 Å². The van der Waals surface area contributed by atoms with Gasteiger partial charge in [0.25, 0.3) is 0 Å². The summed E-state index contributed by atoms with van der Waals surface area (Å²) in [5.41, 5.74) is 6.32. The van der Waals surface area contributed by atoms with E-state index in [-0.39, 0.29) is 0 Å². The van der Waals surface area contributed by atoms with E-state index in [9.17, 15) is 0 Å². The van der Waals surface area contributed by atoms with Crippen molar-refractivity contribution in [1.29, 1.82) is 0 Å². The van der Waals surface area contributed by atoms with E-state index >= 15 is 0 Å². The summed E-state index contributed by atoms with van der Waals surface area (Å²) >= 11 is 0. The fraction of sp³-hybridized carbons (Fsp3) is 0.471. The molecule has 0 amide bonds. The van der Waals surface area contributed by atoms with E-state index in [0.29, 0.717) is 5.92 Å². The Morgan fingerprint density at radius 3 is 2.68 bits per heavy atom. The summed E-state index contributed by atoms with van der Waals surface area (Å²) in [6.45, 7) is 7.56. The fourth-order valence-electron chi connectivity index (χ4n) is 2.76. The lowest BCUT2D eigenvalue weighted by molar-refractivity contribution is 0.976. The number of nitrogens with zero attached hydrogens (tertiary/aromatic N) is 1. The van der Waals surface area contributed by atoms with E-state index in [1.807, 2.05) is 0 Å². The zero-order valence-electron chi connectivity index (χ0n) is 12.1. The molecular weight excluding hydrogens is 232 g/mol. The average Bonchev–Trinajstić information content (AvgIpc) is 3.18. The Bertz CT molecular complexity index is 612. The van der Waals surface area contributed by atoms with E-state index in [1.54, 1.807) is 0 Å². The Morgan fingerprint density at radius 2 is 2.00 bits per heavy atom. The van der Waals surface area contributed by atoms with Crippen LogP contribution in [0.4, 0.5) is 5.69 Å². The van der Waals surface area contributed by atoms with Gasteiger partial charge in [0.2, 0.25) is 0 Å². The minimum atomic E-state index is 0.701. The standard InChI is InChI=1S/C17H22N2/c1-4-7-18-15-10-14(13-5-6-13)19-16-9-11(2)8-12(3)17(15)16/h8-10,13H,4-7H2,1-3H3,(H,18,19). The van der Waals surface area contributed by atoms with Crippen LogP contribution in [0, 0.1) is 13.8 Å². The van der Waals surface area contributed by atoms with E-state index in [4.69, 9.17) is 4.98 Å². The number of fused-ring (bicyclic) bond motifs is 1. The molecule has 100 valence electrons. The van der Waals surface area contributed by atoms with Crippen LogP contribution in [-0.2, 0) is 0 Å². The van der Waals surface area contributed by atoms with Crippen molar-refractivity contribution in [2.45, 2.75) is 46.0 Å². The van der Waals surface area contributed by atoms with Gasteiger partial charge in [0, 0.05) is 29.2 Å². The maximum Gasteiger partial charge on any atom is 0.0731 e. The van der Waals surface area contributed by atoms with Crippen molar-refractivity contribution >= 4 is 16.6 Å². The van der Waals surface area contributed by atoms with Gasteiger partial charge < -0.3 is 5.32 Å². The third kappa shape index (κ3) is 2.44. The Balaban J connectivity index is 2.17. The van der Waals surface area contributed by atoms with Crippen molar-refractivity contribution in [2.75, 3.05) is 11.9 Å². The lowest BCUT2D eigenvalue weighted by atomic mass is 10.0. The van der Waals surface area contributed by atoms with Gasteiger partial charge in [0.05, 0.1) is 5.52 Å². The predicted octanol–water partition coefficient (Wildman–Crippen LogP) is 4.55. The molecule has 2 aromatic rings. The van der Waals surface area contributed by atoms with E-state index < -0.39 is 0 Å². The van der Waals surface area contributed by atoms with Crippen molar-refractivity contribution in [1.82, 2.24) is 4.98 Å². The molecule has 1 aliphatic rings. The molecular formula is C17H22N2. The number of rotatable bonds is 4. The zero-order valence-corrected chi connectivity index (χ0v) is 12.1. The molecule has 1 fully saturated rings. The van der Waals surface area contributed by atoms with Crippen molar-refractivity contribution in [3.63, 3.8) is 0 Å². The molecule has 1 aliphatic carbocycles. The van der Waals surface area contributed by atoms with Crippen LogP contribution in [0.3, 0.4) is 0 Å². The molecule has 1 heterocycles. The van der Waals surface area contributed by atoms with Crippen LogP contribution in [0.5, 0.6) is 0 Å². The van der Waals surface area contributed by atoms with Gasteiger partial charge in [-0.05, 0) is 56.4 Å². The lowest BCUT2D eigenvalue weighted by Crippen LogP contribution is -2.03. The highest BCUT2D eigenvalue weighted by atomic mass is 14.9. The maximum absolute atomic E-state index is 4.89. The van der Waals surface area contributed by atoms with Gasteiger partial charge in [-0.25, -0.2) is 0 Å². The van der Waals surface area contributed by atoms with Crippen molar-refractivity contribution in [3.05, 3.63) is 35.0 Å². The number of nitrogens with one attached hydrogen (secondary N) is 1. The second-order valence-electron chi connectivity index (χ2n) is 5.77. The number of aromatic nitrogens is 1. The molecule has 0 atom stereocenters. The van der Waals surface area contributed by atoms with E-state index in [0.717, 1.165) is 18.5 Å². The summed E-state index contributed by atoms with van der Waals surface area (Å²) in [6.07, 6.45) is 3.75. The highest BCUT2D eigenvalue weighted by Gasteiger charge is 2.26. The number of aryl methyl sites for hydroxylation is 2. The predicted molar refractivity (Wildman–Crippen MR) is 82.0 cm³/mol. The molecule has 0 radical (unpaired) electrons. The maximum atomic E-state index is 4.89. The van der Waals surface area contributed by atoms with Gasteiger partial charge in [-0.2, -0.15) is 0 Å². The van der Waals surface area contributed by atoms with Crippen LogP contribution in [0.25, 0.3) is 10.9 Å². The molecule has 0 bridgehead atoms. The first kappa shape index (κ1) is 12.5. The largest absolute Gasteiger partial charge is 0.384 e. The number of pyridine rings is 1. The molecule has 0 spiro atoms. The van der Waals surface area contributed by atoms with Crippen molar-refractivity contribution < 1.29 is 0 Å². The van der Waals surface area contributed by atoms with Gasteiger partial charge >= 0.3 is 0 Å². The third-order valence-electron chi connectivity index (χ3n) is 3.83. The smallest absolute Gasteiger partial charge is 0.0731 e. The van der Waals surface area contributed by atoms with Crippen LogP contribution in [0.1, 0.15) is 48.9 Å². The fourth-order valence-corrected chi connectivity index (χ4v) is 2.76. The topological polar surface area (TPSA) is 24.9 Å². The summed E-state index contributed by atoms with van der Waals surface area (Å²) in [5, 5.41) is 4.88. The average molecular weight is 254 g/mol. The second kappa shape index (κ2) is 4.84. The van der Waals surface area contributed by atoms with Crippen molar-refractivity contribution in [3.8, 4) is 0 Å². The SMILES string of the molecule is CCCNc1cc(C2CC2)nc2cc(C)cc(C)c12. The van der Waals surface area contributed by atoms with E-state index in [2.05, 4.69) is 44.3 Å². The van der Waals surface area contributed by atoms with E-state index in [1.165, 1.54) is 40.7 Å². The zero-order chi connectivity index (χ0) is 13.4. The summed E-state index contributed by atoms with van der Waals surface area (Å²) in [4.78, 5) is 4.89. The Kier molecular flexibility index (Phi) is 3.17. The van der Waals surface area contributed by atoms with Crippen LogP contribution >= 0.6 is 0 Å². The highest BCUT2D eigenvalue weighted by molar-refractivity contribution is 5.94. The molecule has 1 aromatic heterocycles. The molecule has 2 nitrogen and oxygen atoms in total. The van der Waals surface area contributed by atoms with Gasteiger partial charge in [-0.3, -0.25) is 4.98 Å². The first-order valence-electron chi connectivity index (χ1n) is 7.35. The lowest BCUT2D eigenvalue weighted by Gasteiger charge is -2.14. The highest BCUT2D eigenvalue weighted by Crippen LogP contribution is 2.41. The van der Waals surface area contributed by atoms with Crippen LogP contribution in [0.2, 0.25) is 0 Å². The summed E-state index contributed by atoms with van der Waals surface area (Å²) in [7, 11) is 0. The molecule has 0 unspecified atom stereocenters. The van der Waals surface area contributed by atoms with Gasteiger partial charge in [-0.1, -0.05) is 13.0 Å². The molecule has 0 saturated heterocycles. The first-order chi connectivity index (χ1) is 9.19. The van der Waals surface area contributed by atoms with Gasteiger partial charge in [0.15, 0.2) is 0 Å². The van der Waals surface area contributed by atoms with Crippen molar-refractivity contribution in [2.24, 2.45) is 0 Å². The molecule has 2 heteroatoms. The summed E-state index contributed by atoms with van der Waals surface area (Å²) in [5.74, 6) is 0.701. The molecule has 3 rings (SSSR count). The number of benzene rings is 1.